The molecule has 0 radical (unpaired) electrons. The molecular formula is C24H25ClF2N4O4S. The van der Waals surface area contributed by atoms with Gasteiger partial charge in [0.1, 0.15) is 16.0 Å². The highest BCUT2D eigenvalue weighted by Crippen LogP contribution is 2.35. The zero-order valence-electron chi connectivity index (χ0n) is 19.3. The van der Waals surface area contributed by atoms with Crippen molar-refractivity contribution < 1.29 is 27.8 Å². The summed E-state index contributed by atoms with van der Waals surface area (Å²) in [7, 11) is 0. The number of aliphatic imine (C=N–C) groups is 1. The van der Waals surface area contributed by atoms with Crippen LogP contribution < -0.4 is 21.1 Å². The number of hydrogen-bond acceptors (Lipinski definition) is 7. The molecule has 0 aliphatic carbocycles. The number of carbonyl (C=O) groups excluding carboxylic acids is 2. The van der Waals surface area contributed by atoms with E-state index in [0.29, 0.717) is 42.6 Å². The van der Waals surface area contributed by atoms with Gasteiger partial charge in [-0.2, -0.15) is 8.78 Å². The zero-order chi connectivity index (χ0) is 26.1. The van der Waals surface area contributed by atoms with Crippen molar-refractivity contribution in [1.29, 1.82) is 0 Å². The summed E-state index contributed by atoms with van der Waals surface area (Å²) in [5.74, 6) is -0.991. The normalized spacial score (nSPS) is 16.5. The number of carbonyl (C=O) groups is 2. The monoisotopic (exact) mass is 538 g/mol. The topological polar surface area (TPSA) is 115 Å². The van der Waals surface area contributed by atoms with Crippen LogP contribution in [0.1, 0.15) is 13.3 Å². The van der Waals surface area contributed by atoms with Gasteiger partial charge in [-0.1, -0.05) is 23.4 Å². The minimum absolute atomic E-state index is 0.0432. The van der Waals surface area contributed by atoms with Gasteiger partial charge >= 0.3 is 6.61 Å². The summed E-state index contributed by atoms with van der Waals surface area (Å²) in [6, 6.07) is 12.1. The number of hydrogen-bond donors (Lipinski definition) is 3. The number of nitrogens with two attached hydrogens (primary N) is 1. The summed E-state index contributed by atoms with van der Waals surface area (Å²) in [6.07, 6.45) is 0.610. The predicted molar refractivity (Wildman–Crippen MR) is 137 cm³/mol. The summed E-state index contributed by atoms with van der Waals surface area (Å²) in [4.78, 5) is 30.5. The Morgan fingerprint density at radius 2 is 1.86 bits per heavy atom. The molecular weight excluding hydrogens is 514 g/mol. The zero-order valence-corrected chi connectivity index (χ0v) is 20.9. The van der Waals surface area contributed by atoms with E-state index >= 15 is 0 Å². The molecule has 192 valence electrons. The second-order valence-corrected chi connectivity index (χ2v) is 8.95. The Bertz CT molecular complexity index is 1130. The fourth-order valence-electron chi connectivity index (χ4n) is 3.16. The number of ether oxygens (including phenoxy) is 2. The van der Waals surface area contributed by atoms with E-state index in [0.717, 1.165) is 11.8 Å². The van der Waals surface area contributed by atoms with Gasteiger partial charge in [0.15, 0.2) is 0 Å². The molecule has 8 nitrogen and oxygen atoms in total. The van der Waals surface area contributed by atoms with Gasteiger partial charge < -0.3 is 25.8 Å². The molecule has 2 amide bonds. The van der Waals surface area contributed by atoms with Crippen molar-refractivity contribution in [3.05, 3.63) is 64.8 Å². The molecule has 0 spiro atoms. The summed E-state index contributed by atoms with van der Waals surface area (Å²) in [5.41, 5.74) is 7.34. The molecule has 4 N–H and O–H groups in total. The van der Waals surface area contributed by atoms with Gasteiger partial charge in [0.25, 0.3) is 5.91 Å². The average molecular weight is 539 g/mol. The predicted octanol–water partition coefficient (Wildman–Crippen LogP) is 4.48. The Hall–Kier alpha value is -3.15. The number of alkyl halides is 2. The van der Waals surface area contributed by atoms with Crippen molar-refractivity contribution in [3.63, 3.8) is 0 Å². The van der Waals surface area contributed by atoms with Crippen LogP contribution in [0.5, 0.6) is 5.75 Å². The average Bonchev–Trinajstić information content (AvgIpc) is 3.17. The van der Waals surface area contributed by atoms with E-state index < -0.39 is 23.7 Å². The first-order chi connectivity index (χ1) is 17.3. The van der Waals surface area contributed by atoms with Crippen LogP contribution in [0.15, 0.2) is 64.8 Å². The first kappa shape index (κ1) is 27.4. The number of nitrogens with zero attached hydrogens (tertiary/aromatic N) is 1. The van der Waals surface area contributed by atoms with Gasteiger partial charge in [-0.3, -0.25) is 9.59 Å². The van der Waals surface area contributed by atoms with Crippen LogP contribution in [-0.2, 0) is 14.3 Å². The van der Waals surface area contributed by atoms with Crippen LogP contribution in [0.4, 0.5) is 20.2 Å². The summed E-state index contributed by atoms with van der Waals surface area (Å²) in [6.45, 7) is 0.374. The number of anilines is 1. The van der Waals surface area contributed by atoms with Crippen molar-refractivity contribution in [2.24, 2.45) is 10.7 Å². The minimum Gasteiger partial charge on any atom is -0.435 e. The van der Waals surface area contributed by atoms with E-state index in [4.69, 9.17) is 22.1 Å². The highest BCUT2D eigenvalue weighted by atomic mass is 35.5. The third kappa shape index (κ3) is 7.67. The maximum absolute atomic E-state index is 13.0. The van der Waals surface area contributed by atoms with E-state index in [-0.39, 0.29) is 22.1 Å². The second-order valence-electron chi connectivity index (χ2n) is 7.42. The molecule has 36 heavy (non-hydrogen) atoms. The molecule has 1 aliphatic heterocycles. The summed E-state index contributed by atoms with van der Waals surface area (Å²) >= 11 is 6.98. The van der Waals surface area contributed by atoms with Crippen LogP contribution in [-0.4, -0.2) is 48.5 Å². The molecule has 1 heterocycles. The van der Waals surface area contributed by atoms with Crippen LogP contribution in [0.3, 0.4) is 0 Å². The van der Waals surface area contributed by atoms with Gasteiger partial charge in [-0.15, -0.1) is 0 Å². The lowest BCUT2D eigenvalue weighted by Gasteiger charge is -2.12. The van der Waals surface area contributed by atoms with Gasteiger partial charge in [-0.05, 0) is 61.9 Å². The third-order valence-corrected chi connectivity index (χ3v) is 6.31. The Balaban J connectivity index is 1.79. The quantitative estimate of drug-likeness (QED) is 0.363. The smallest absolute Gasteiger partial charge is 0.387 e. The molecule has 2 aromatic carbocycles. The van der Waals surface area contributed by atoms with Crippen LogP contribution in [0, 0.1) is 0 Å². The van der Waals surface area contributed by atoms with Gasteiger partial charge in [0.2, 0.25) is 5.91 Å². The second kappa shape index (κ2) is 13.2. The Morgan fingerprint density at radius 1 is 1.17 bits per heavy atom. The molecule has 12 heteroatoms. The first-order valence-electron chi connectivity index (χ1n) is 11.0. The fourth-order valence-corrected chi connectivity index (χ4v) is 4.41. The highest BCUT2D eigenvalue weighted by Gasteiger charge is 2.38. The van der Waals surface area contributed by atoms with E-state index in [1.807, 2.05) is 6.92 Å². The molecule has 0 aromatic heterocycles. The van der Waals surface area contributed by atoms with Crippen LogP contribution in [0.2, 0.25) is 5.02 Å². The standard InChI is InChI=1S/C24H25ClF2N4O4S/c1-2-34-13-3-12-29-21(32)18-19(28)20(36-23(18)31-16-6-4-14(25)5-7-16)22(33)30-15-8-10-17(11-9-15)35-24(26)27/h4-11,20,24H,2-3,12-13,28H2,1H3,(H,29,32)(H,30,33). The Labute approximate surface area is 216 Å². The van der Waals surface area contributed by atoms with Crippen molar-refractivity contribution in [2.45, 2.75) is 25.2 Å². The third-order valence-electron chi connectivity index (χ3n) is 4.84. The van der Waals surface area contributed by atoms with Gasteiger partial charge in [0, 0.05) is 36.2 Å². The molecule has 1 unspecified atom stereocenters. The van der Waals surface area contributed by atoms with Crippen molar-refractivity contribution in [1.82, 2.24) is 5.32 Å². The highest BCUT2D eigenvalue weighted by molar-refractivity contribution is 8.16. The number of halogens is 3. The molecule has 1 aliphatic rings. The molecule has 0 saturated heterocycles. The van der Waals surface area contributed by atoms with Gasteiger partial charge in [-0.25, -0.2) is 4.99 Å². The van der Waals surface area contributed by atoms with Crippen molar-refractivity contribution in [2.75, 3.05) is 25.1 Å². The van der Waals surface area contributed by atoms with Crippen LogP contribution in [0.25, 0.3) is 0 Å². The van der Waals surface area contributed by atoms with Gasteiger partial charge in [0.05, 0.1) is 11.3 Å². The lowest BCUT2D eigenvalue weighted by Crippen LogP contribution is -2.32. The van der Waals surface area contributed by atoms with E-state index in [9.17, 15) is 18.4 Å². The number of rotatable bonds is 11. The number of amides is 2. The van der Waals surface area contributed by atoms with Crippen LogP contribution >= 0.6 is 23.4 Å². The molecule has 3 rings (SSSR count). The van der Waals surface area contributed by atoms with E-state index in [1.54, 1.807) is 24.3 Å². The minimum atomic E-state index is -2.95. The molecule has 1 atom stereocenters. The molecule has 2 aromatic rings. The first-order valence-corrected chi connectivity index (χ1v) is 12.3. The maximum Gasteiger partial charge on any atom is 0.387 e. The maximum atomic E-state index is 13.0. The molecule has 0 saturated carbocycles. The van der Waals surface area contributed by atoms with E-state index in [2.05, 4.69) is 20.4 Å². The molecule has 0 bridgehead atoms. The Kier molecular flexibility index (Phi) is 10.1. The Morgan fingerprint density at radius 3 is 2.50 bits per heavy atom. The lowest BCUT2D eigenvalue weighted by atomic mass is 10.1. The lowest BCUT2D eigenvalue weighted by molar-refractivity contribution is -0.117. The number of benzene rings is 2. The SMILES string of the molecule is CCOCCCNC(=O)C1=C(N)C(C(=O)Nc2ccc(OC(F)F)cc2)SC1=Nc1ccc(Cl)cc1. The summed E-state index contributed by atoms with van der Waals surface area (Å²) in [5, 5.41) is 5.35. The number of thioether (sulfide) groups is 1. The number of nitrogens with one attached hydrogen (secondary N) is 2. The summed E-state index contributed by atoms with van der Waals surface area (Å²) < 4.78 is 34.3. The molecule has 0 fully saturated rings. The fraction of sp³-hybridized carbons (Fsp3) is 0.292. The van der Waals surface area contributed by atoms with E-state index in [1.165, 1.54) is 24.3 Å². The largest absolute Gasteiger partial charge is 0.435 e. The van der Waals surface area contributed by atoms with Crippen molar-refractivity contribution >= 4 is 51.6 Å². The van der Waals surface area contributed by atoms with Crippen molar-refractivity contribution in [3.8, 4) is 5.75 Å².